The Morgan fingerprint density at radius 3 is 2.08 bits per heavy atom. The zero-order chi connectivity index (χ0) is 17.3. The second-order valence-electron chi connectivity index (χ2n) is 6.34. The van der Waals surface area contributed by atoms with E-state index in [1.54, 1.807) is 6.33 Å². The molecule has 0 fully saturated rings. The van der Waals surface area contributed by atoms with E-state index in [1.165, 1.54) is 21.9 Å². The Balaban J connectivity index is 1.63. The van der Waals surface area contributed by atoms with Gasteiger partial charge in [-0.1, -0.05) is 84.9 Å². The van der Waals surface area contributed by atoms with Crippen LogP contribution in [0.3, 0.4) is 0 Å². The van der Waals surface area contributed by atoms with Crippen LogP contribution in [0.4, 0.5) is 0 Å². The van der Waals surface area contributed by atoms with Gasteiger partial charge in [-0.25, -0.2) is 9.97 Å². The van der Waals surface area contributed by atoms with Gasteiger partial charge in [-0.3, -0.25) is 0 Å². The molecule has 0 unspecified atom stereocenters. The first-order valence-electron chi connectivity index (χ1n) is 8.68. The van der Waals surface area contributed by atoms with Crippen LogP contribution in [0.2, 0.25) is 0 Å². The normalized spacial score (nSPS) is 11.1. The predicted octanol–water partition coefficient (Wildman–Crippen LogP) is 6.12. The lowest BCUT2D eigenvalue weighted by molar-refractivity contribution is 1.22. The smallest absolute Gasteiger partial charge is 0.116 e. The first-order chi connectivity index (χ1) is 12.9. The maximum Gasteiger partial charge on any atom is 0.116 e. The van der Waals surface area contributed by atoms with Crippen molar-refractivity contribution in [2.24, 2.45) is 0 Å². The lowest BCUT2D eigenvalue weighted by Crippen LogP contribution is -1.89. The number of aromatic nitrogens is 2. The average Bonchev–Trinajstić information content (AvgIpc) is 2.73. The molecule has 0 aliphatic heterocycles. The molecular weight excluding hydrogens is 316 g/mol. The summed E-state index contributed by atoms with van der Waals surface area (Å²) in [7, 11) is 0. The third-order valence-electron chi connectivity index (χ3n) is 4.80. The minimum atomic E-state index is 0.968. The van der Waals surface area contributed by atoms with Crippen molar-refractivity contribution in [3.63, 3.8) is 0 Å². The summed E-state index contributed by atoms with van der Waals surface area (Å²) in [6, 6.07) is 31.7. The number of hydrogen-bond donors (Lipinski definition) is 0. The number of nitrogens with zero attached hydrogens (tertiary/aromatic N) is 2. The summed E-state index contributed by atoms with van der Waals surface area (Å²) in [4.78, 5) is 8.87. The molecule has 0 spiro atoms. The van der Waals surface area contributed by atoms with E-state index in [-0.39, 0.29) is 0 Å². The van der Waals surface area contributed by atoms with Gasteiger partial charge in [-0.15, -0.1) is 0 Å². The average molecular weight is 332 g/mol. The number of hydrogen-bond acceptors (Lipinski definition) is 2. The van der Waals surface area contributed by atoms with Gasteiger partial charge in [0.15, 0.2) is 0 Å². The second kappa shape index (κ2) is 6.08. The molecule has 0 bridgehead atoms. The van der Waals surface area contributed by atoms with E-state index in [9.17, 15) is 0 Å². The first kappa shape index (κ1) is 14.8. The van der Waals surface area contributed by atoms with Crippen molar-refractivity contribution >= 4 is 21.7 Å². The Morgan fingerprint density at radius 1 is 0.500 bits per heavy atom. The summed E-state index contributed by atoms with van der Waals surface area (Å²) >= 11 is 0. The summed E-state index contributed by atoms with van der Waals surface area (Å²) in [5.41, 5.74) is 5.51. The molecule has 1 aromatic heterocycles. The summed E-state index contributed by atoms with van der Waals surface area (Å²) in [5, 5.41) is 3.61. The van der Waals surface area contributed by atoms with E-state index in [0.29, 0.717) is 0 Å². The van der Waals surface area contributed by atoms with Gasteiger partial charge in [0.05, 0.1) is 11.2 Å². The van der Waals surface area contributed by atoms with Crippen LogP contribution in [0, 0.1) is 0 Å². The molecule has 0 aliphatic rings. The summed E-state index contributed by atoms with van der Waals surface area (Å²) in [5.74, 6) is 0. The Labute approximate surface area is 151 Å². The van der Waals surface area contributed by atoms with E-state index >= 15 is 0 Å². The van der Waals surface area contributed by atoms with E-state index in [0.717, 1.165) is 22.2 Å². The van der Waals surface area contributed by atoms with Gasteiger partial charge in [0.1, 0.15) is 6.33 Å². The Hall–Kier alpha value is -3.52. The molecule has 0 radical (unpaired) electrons. The van der Waals surface area contributed by atoms with Crippen molar-refractivity contribution in [2.45, 2.75) is 0 Å². The number of benzene rings is 4. The van der Waals surface area contributed by atoms with Gasteiger partial charge in [-0.2, -0.15) is 0 Å². The first-order valence-corrected chi connectivity index (χ1v) is 8.68. The molecule has 2 heteroatoms. The predicted molar refractivity (Wildman–Crippen MR) is 108 cm³/mol. The molecular formula is C24H16N2. The Kier molecular flexibility index (Phi) is 3.46. The minimum Gasteiger partial charge on any atom is -0.236 e. The van der Waals surface area contributed by atoms with Crippen LogP contribution in [-0.4, -0.2) is 9.97 Å². The van der Waals surface area contributed by atoms with Gasteiger partial charge in [0.2, 0.25) is 0 Å². The lowest BCUT2D eigenvalue weighted by atomic mass is 9.96. The molecule has 0 saturated heterocycles. The summed E-state index contributed by atoms with van der Waals surface area (Å²) in [6.07, 6.45) is 1.64. The van der Waals surface area contributed by atoms with Gasteiger partial charge in [0, 0.05) is 10.9 Å². The summed E-state index contributed by atoms with van der Waals surface area (Å²) in [6.45, 7) is 0. The molecule has 0 saturated carbocycles. The molecule has 0 atom stereocenters. The summed E-state index contributed by atoms with van der Waals surface area (Å²) < 4.78 is 0. The third kappa shape index (κ3) is 2.44. The lowest BCUT2D eigenvalue weighted by Gasteiger charge is -2.09. The topological polar surface area (TPSA) is 25.8 Å². The SMILES string of the molecule is c1ccc2c(-c3ccc(-c4ncnc5ccccc45)cc3)cccc2c1. The van der Waals surface area contributed by atoms with Crippen LogP contribution < -0.4 is 0 Å². The maximum absolute atomic E-state index is 4.52. The Morgan fingerprint density at radius 2 is 1.19 bits per heavy atom. The minimum absolute atomic E-state index is 0.968. The van der Waals surface area contributed by atoms with Crippen LogP contribution in [0.15, 0.2) is 97.3 Å². The van der Waals surface area contributed by atoms with Gasteiger partial charge >= 0.3 is 0 Å². The van der Waals surface area contributed by atoms with E-state index in [2.05, 4.69) is 82.8 Å². The molecule has 0 aliphatic carbocycles. The monoisotopic (exact) mass is 332 g/mol. The number of rotatable bonds is 2. The highest BCUT2D eigenvalue weighted by atomic mass is 14.8. The molecule has 0 N–H and O–H groups in total. The Bertz CT molecular complexity index is 1120. The van der Waals surface area contributed by atoms with Crippen molar-refractivity contribution in [3.05, 3.63) is 97.3 Å². The fourth-order valence-corrected chi connectivity index (χ4v) is 3.52. The van der Waals surface area contributed by atoms with E-state index in [4.69, 9.17) is 0 Å². The highest BCUT2D eigenvalue weighted by Crippen LogP contribution is 2.31. The van der Waals surface area contributed by atoms with Crippen molar-refractivity contribution in [1.29, 1.82) is 0 Å². The van der Waals surface area contributed by atoms with Crippen LogP contribution in [-0.2, 0) is 0 Å². The zero-order valence-electron chi connectivity index (χ0n) is 14.1. The number of para-hydroxylation sites is 1. The molecule has 5 rings (SSSR count). The van der Waals surface area contributed by atoms with Crippen LogP contribution in [0.25, 0.3) is 44.1 Å². The van der Waals surface area contributed by atoms with Crippen molar-refractivity contribution < 1.29 is 0 Å². The van der Waals surface area contributed by atoms with Gasteiger partial charge in [-0.05, 0) is 28.0 Å². The molecule has 26 heavy (non-hydrogen) atoms. The number of fused-ring (bicyclic) bond motifs is 2. The molecule has 0 amide bonds. The molecule has 122 valence electrons. The third-order valence-corrected chi connectivity index (χ3v) is 4.80. The standard InChI is InChI=1S/C24H16N2/c1-2-8-20-17(6-1)7-5-10-21(20)18-12-14-19(15-13-18)24-22-9-3-4-11-23(22)25-16-26-24/h1-16H. The fraction of sp³-hybridized carbons (Fsp3) is 0. The highest BCUT2D eigenvalue weighted by Gasteiger charge is 2.07. The quantitative estimate of drug-likeness (QED) is 0.389. The van der Waals surface area contributed by atoms with Crippen LogP contribution in [0.5, 0.6) is 0 Å². The maximum atomic E-state index is 4.52. The molecule has 4 aromatic carbocycles. The van der Waals surface area contributed by atoms with Crippen LogP contribution >= 0.6 is 0 Å². The van der Waals surface area contributed by atoms with Gasteiger partial charge in [0.25, 0.3) is 0 Å². The molecule has 2 nitrogen and oxygen atoms in total. The molecule has 5 aromatic rings. The zero-order valence-corrected chi connectivity index (χ0v) is 14.1. The largest absolute Gasteiger partial charge is 0.236 e. The van der Waals surface area contributed by atoms with Crippen molar-refractivity contribution in [1.82, 2.24) is 9.97 Å². The highest BCUT2D eigenvalue weighted by molar-refractivity contribution is 5.97. The molecule has 1 heterocycles. The van der Waals surface area contributed by atoms with E-state index in [1.807, 2.05) is 18.2 Å². The van der Waals surface area contributed by atoms with Gasteiger partial charge < -0.3 is 0 Å². The second-order valence-corrected chi connectivity index (χ2v) is 6.34. The fourth-order valence-electron chi connectivity index (χ4n) is 3.52. The van der Waals surface area contributed by atoms with Crippen molar-refractivity contribution in [3.8, 4) is 22.4 Å². The van der Waals surface area contributed by atoms with Crippen molar-refractivity contribution in [2.75, 3.05) is 0 Å². The van der Waals surface area contributed by atoms with E-state index < -0.39 is 0 Å². The van der Waals surface area contributed by atoms with Crippen LogP contribution in [0.1, 0.15) is 0 Å².